The van der Waals surface area contributed by atoms with Crippen LogP contribution < -0.4 is 0 Å². The highest BCUT2D eigenvalue weighted by Crippen LogP contribution is 2.01. The molecule has 0 aromatic carbocycles. The first-order chi connectivity index (χ1) is 7.63. The second kappa shape index (κ2) is 6.83. The number of rotatable bonds is 5. The zero-order valence-corrected chi connectivity index (χ0v) is 10.6. The summed E-state index contributed by atoms with van der Waals surface area (Å²) in [5.41, 5.74) is 0. The van der Waals surface area contributed by atoms with Crippen molar-refractivity contribution in [3.63, 3.8) is 0 Å². The molecule has 1 aliphatic rings. The number of hydrogen-bond acceptors (Lipinski definition) is 4. The molecule has 0 saturated carbocycles. The van der Waals surface area contributed by atoms with Crippen molar-refractivity contribution in [3.8, 4) is 0 Å². The molecule has 5 heteroatoms. The van der Waals surface area contributed by atoms with Crippen LogP contribution in [0.25, 0.3) is 0 Å². The summed E-state index contributed by atoms with van der Waals surface area (Å²) in [4.78, 5) is 17.8. The number of likely N-dealkylation sites (N-methyl/N-ethyl adjacent to an activating group) is 1. The highest BCUT2D eigenvalue weighted by Gasteiger charge is 2.18. The molecule has 0 bridgehead atoms. The molecule has 0 aromatic heterocycles. The number of carbonyl (C=O) groups excluding carboxylic acids is 1. The molecule has 16 heavy (non-hydrogen) atoms. The van der Waals surface area contributed by atoms with E-state index in [1.54, 1.807) is 26.1 Å². The van der Waals surface area contributed by atoms with Gasteiger partial charge < -0.3 is 9.64 Å². The number of amides is 1. The fourth-order valence-electron chi connectivity index (χ4n) is 1.72. The molecule has 0 spiro atoms. The van der Waals surface area contributed by atoms with Gasteiger partial charge in [0.1, 0.15) is 0 Å². The summed E-state index contributed by atoms with van der Waals surface area (Å²) >= 11 is 0. The van der Waals surface area contributed by atoms with E-state index in [-0.39, 0.29) is 5.91 Å². The van der Waals surface area contributed by atoms with Crippen LogP contribution in [0.4, 0.5) is 0 Å². The molecule has 1 saturated heterocycles. The number of methoxy groups -OCH3 is 1. The fraction of sp³-hybridized carbons (Fsp3) is 0.909. The van der Waals surface area contributed by atoms with Crippen molar-refractivity contribution >= 4 is 5.91 Å². The predicted molar refractivity (Wildman–Crippen MR) is 63.5 cm³/mol. The minimum absolute atomic E-state index is 0.186. The van der Waals surface area contributed by atoms with Crippen molar-refractivity contribution in [3.05, 3.63) is 0 Å². The second-order valence-corrected chi connectivity index (χ2v) is 4.40. The van der Waals surface area contributed by atoms with Crippen LogP contribution in [-0.4, -0.2) is 87.7 Å². The van der Waals surface area contributed by atoms with Crippen molar-refractivity contribution in [2.75, 3.05) is 67.1 Å². The molecule has 5 nitrogen and oxygen atoms in total. The van der Waals surface area contributed by atoms with E-state index in [2.05, 4.69) is 9.80 Å². The Morgan fingerprint density at radius 3 is 2.25 bits per heavy atom. The normalized spacial score (nSPS) is 18.7. The summed E-state index contributed by atoms with van der Waals surface area (Å²) in [5, 5.41) is 0. The fourth-order valence-corrected chi connectivity index (χ4v) is 1.72. The topological polar surface area (TPSA) is 36.0 Å². The van der Waals surface area contributed by atoms with Crippen molar-refractivity contribution in [1.29, 1.82) is 0 Å². The van der Waals surface area contributed by atoms with Crippen molar-refractivity contribution in [2.45, 2.75) is 0 Å². The van der Waals surface area contributed by atoms with E-state index in [0.29, 0.717) is 6.54 Å². The zero-order valence-electron chi connectivity index (χ0n) is 10.6. The lowest BCUT2D eigenvalue weighted by molar-refractivity contribution is -0.130. The first-order valence-corrected chi connectivity index (χ1v) is 5.77. The SMILES string of the molecule is COCCN1CCN(CC(=O)N(C)C)CC1. The Balaban J connectivity index is 2.19. The summed E-state index contributed by atoms with van der Waals surface area (Å²) in [6.45, 7) is 6.34. The molecule has 0 radical (unpaired) electrons. The number of hydrogen-bond donors (Lipinski definition) is 0. The molecule has 94 valence electrons. The Bertz CT molecular complexity index is 213. The standard InChI is InChI=1S/C11H23N3O2/c1-12(2)11(15)10-14-6-4-13(5-7-14)8-9-16-3/h4-10H2,1-3H3. The summed E-state index contributed by atoms with van der Waals surface area (Å²) in [7, 11) is 5.33. The van der Waals surface area contributed by atoms with Crippen LogP contribution >= 0.6 is 0 Å². The van der Waals surface area contributed by atoms with Crippen LogP contribution in [0.5, 0.6) is 0 Å². The van der Waals surface area contributed by atoms with Crippen LogP contribution in [0.3, 0.4) is 0 Å². The van der Waals surface area contributed by atoms with Crippen molar-refractivity contribution < 1.29 is 9.53 Å². The van der Waals surface area contributed by atoms with Gasteiger partial charge >= 0.3 is 0 Å². The largest absolute Gasteiger partial charge is 0.383 e. The number of ether oxygens (including phenoxy) is 1. The molecule has 1 fully saturated rings. The minimum Gasteiger partial charge on any atom is -0.383 e. The lowest BCUT2D eigenvalue weighted by Gasteiger charge is -2.34. The third-order valence-electron chi connectivity index (χ3n) is 2.93. The molecule has 0 unspecified atom stereocenters. The second-order valence-electron chi connectivity index (χ2n) is 4.40. The van der Waals surface area contributed by atoms with Gasteiger partial charge in [0.05, 0.1) is 13.2 Å². The maximum absolute atomic E-state index is 11.5. The number of nitrogens with zero attached hydrogens (tertiary/aromatic N) is 3. The predicted octanol–water partition coefficient (Wildman–Crippen LogP) is -0.661. The zero-order chi connectivity index (χ0) is 12.0. The molecule has 0 aliphatic carbocycles. The molecule has 1 heterocycles. The van der Waals surface area contributed by atoms with Gasteiger partial charge in [0.25, 0.3) is 0 Å². The smallest absolute Gasteiger partial charge is 0.236 e. The number of carbonyl (C=O) groups is 1. The quantitative estimate of drug-likeness (QED) is 0.627. The van der Waals surface area contributed by atoms with Gasteiger partial charge in [0.15, 0.2) is 0 Å². The van der Waals surface area contributed by atoms with E-state index in [1.165, 1.54) is 0 Å². The van der Waals surface area contributed by atoms with Gasteiger partial charge in [-0.05, 0) is 0 Å². The van der Waals surface area contributed by atoms with Crippen molar-refractivity contribution in [2.24, 2.45) is 0 Å². The molecular formula is C11H23N3O2. The Morgan fingerprint density at radius 1 is 1.19 bits per heavy atom. The Labute approximate surface area is 97.9 Å². The maximum Gasteiger partial charge on any atom is 0.236 e. The molecule has 0 aromatic rings. The van der Waals surface area contributed by atoms with E-state index in [9.17, 15) is 4.79 Å². The first-order valence-electron chi connectivity index (χ1n) is 5.77. The summed E-state index contributed by atoms with van der Waals surface area (Å²) in [5.74, 6) is 0.186. The van der Waals surface area contributed by atoms with E-state index in [4.69, 9.17) is 4.74 Å². The highest BCUT2D eigenvalue weighted by atomic mass is 16.5. The van der Waals surface area contributed by atoms with Gasteiger partial charge in [0, 0.05) is 53.9 Å². The third kappa shape index (κ3) is 4.47. The molecular weight excluding hydrogens is 206 g/mol. The van der Waals surface area contributed by atoms with E-state index in [1.807, 2.05) is 0 Å². The Kier molecular flexibility index (Phi) is 5.73. The lowest BCUT2D eigenvalue weighted by atomic mass is 10.3. The monoisotopic (exact) mass is 229 g/mol. The first kappa shape index (κ1) is 13.4. The lowest BCUT2D eigenvalue weighted by Crippen LogP contribution is -2.49. The van der Waals surface area contributed by atoms with Gasteiger partial charge in [0.2, 0.25) is 5.91 Å². The Hall–Kier alpha value is -0.650. The van der Waals surface area contributed by atoms with E-state index >= 15 is 0 Å². The van der Waals surface area contributed by atoms with Gasteiger partial charge in [-0.15, -0.1) is 0 Å². The summed E-state index contributed by atoms with van der Waals surface area (Å²) in [6.07, 6.45) is 0. The van der Waals surface area contributed by atoms with Crippen LogP contribution in [0.15, 0.2) is 0 Å². The average Bonchev–Trinajstić information content (AvgIpc) is 2.28. The third-order valence-corrected chi connectivity index (χ3v) is 2.93. The molecule has 0 N–H and O–H groups in total. The van der Waals surface area contributed by atoms with Gasteiger partial charge in [-0.3, -0.25) is 14.6 Å². The van der Waals surface area contributed by atoms with Crippen molar-refractivity contribution in [1.82, 2.24) is 14.7 Å². The van der Waals surface area contributed by atoms with Gasteiger partial charge in [-0.2, -0.15) is 0 Å². The van der Waals surface area contributed by atoms with Crippen LogP contribution in [-0.2, 0) is 9.53 Å². The molecule has 1 amide bonds. The van der Waals surface area contributed by atoms with Gasteiger partial charge in [-0.1, -0.05) is 0 Å². The Morgan fingerprint density at radius 2 is 1.75 bits per heavy atom. The number of piperazine rings is 1. The highest BCUT2D eigenvalue weighted by molar-refractivity contribution is 5.77. The average molecular weight is 229 g/mol. The summed E-state index contributed by atoms with van der Waals surface area (Å²) in [6, 6.07) is 0. The molecule has 0 atom stereocenters. The minimum atomic E-state index is 0.186. The van der Waals surface area contributed by atoms with Crippen LogP contribution in [0, 0.1) is 0 Å². The van der Waals surface area contributed by atoms with E-state index < -0.39 is 0 Å². The summed E-state index contributed by atoms with van der Waals surface area (Å²) < 4.78 is 5.05. The van der Waals surface area contributed by atoms with Crippen LogP contribution in [0.2, 0.25) is 0 Å². The maximum atomic E-state index is 11.5. The van der Waals surface area contributed by atoms with Gasteiger partial charge in [-0.25, -0.2) is 0 Å². The van der Waals surface area contributed by atoms with Crippen LogP contribution in [0.1, 0.15) is 0 Å². The molecule has 1 aliphatic heterocycles. The molecule has 1 rings (SSSR count). The van der Waals surface area contributed by atoms with E-state index in [0.717, 1.165) is 39.3 Å².